The molecule has 1 aromatic rings. The highest BCUT2D eigenvalue weighted by molar-refractivity contribution is 7.88. The lowest BCUT2D eigenvalue weighted by atomic mass is 9.97. The smallest absolute Gasteiger partial charge is 0.223 e. The normalized spacial score (nSPS) is 17.3. The van der Waals surface area contributed by atoms with E-state index in [1.54, 1.807) is 10.9 Å². The zero-order valence-corrected chi connectivity index (χ0v) is 14.2. The molecule has 1 amide bonds. The van der Waals surface area contributed by atoms with Crippen molar-refractivity contribution in [3.05, 3.63) is 18.5 Å². The van der Waals surface area contributed by atoms with Gasteiger partial charge in [-0.05, 0) is 18.9 Å². The molecule has 1 N–H and O–H groups in total. The molecule has 2 heterocycles. The Morgan fingerprint density at radius 1 is 1.35 bits per heavy atom. The van der Waals surface area contributed by atoms with Crippen LogP contribution in [0.5, 0.6) is 0 Å². The summed E-state index contributed by atoms with van der Waals surface area (Å²) in [6, 6.07) is 1.86. The van der Waals surface area contributed by atoms with E-state index < -0.39 is 10.0 Å². The van der Waals surface area contributed by atoms with Gasteiger partial charge in [-0.2, -0.15) is 5.10 Å². The Morgan fingerprint density at radius 2 is 2.09 bits per heavy atom. The second-order valence-electron chi connectivity index (χ2n) is 5.61. The molecular weight excluding hydrogens is 320 g/mol. The van der Waals surface area contributed by atoms with Crippen molar-refractivity contribution in [3.63, 3.8) is 0 Å². The molecule has 2 rings (SSSR count). The summed E-state index contributed by atoms with van der Waals surface area (Å²) in [6.07, 6.45) is 5.93. The summed E-state index contributed by atoms with van der Waals surface area (Å²) in [4.78, 5) is 12.0. The minimum atomic E-state index is -3.15. The third-order valence-corrected chi connectivity index (χ3v) is 5.17. The zero-order valence-electron chi connectivity index (χ0n) is 13.3. The minimum absolute atomic E-state index is 0.0196. The number of nitrogens with one attached hydrogen (secondary N) is 1. The van der Waals surface area contributed by atoms with Gasteiger partial charge in [-0.1, -0.05) is 0 Å². The highest BCUT2D eigenvalue weighted by Gasteiger charge is 2.28. The number of amides is 1. The molecule has 0 aromatic carbocycles. The van der Waals surface area contributed by atoms with E-state index in [2.05, 4.69) is 10.4 Å². The molecular formula is C14H24N4O4S. The van der Waals surface area contributed by atoms with Crippen molar-refractivity contribution in [2.75, 3.05) is 39.1 Å². The van der Waals surface area contributed by atoms with Gasteiger partial charge in [0.25, 0.3) is 0 Å². The van der Waals surface area contributed by atoms with Gasteiger partial charge in [0.2, 0.25) is 15.9 Å². The fourth-order valence-electron chi connectivity index (χ4n) is 2.53. The Kier molecular flexibility index (Phi) is 6.55. The number of aromatic nitrogens is 2. The molecule has 0 radical (unpaired) electrons. The molecule has 130 valence electrons. The van der Waals surface area contributed by atoms with Crippen molar-refractivity contribution >= 4 is 15.9 Å². The first-order valence-corrected chi connectivity index (χ1v) is 9.59. The van der Waals surface area contributed by atoms with Gasteiger partial charge in [0.15, 0.2) is 0 Å². The van der Waals surface area contributed by atoms with Crippen LogP contribution in [-0.4, -0.2) is 67.5 Å². The van der Waals surface area contributed by atoms with Crippen LogP contribution >= 0.6 is 0 Å². The molecule has 0 atom stereocenters. The first-order valence-electron chi connectivity index (χ1n) is 7.75. The highest BCUT2D eigenvalue weighted by Crippen LogP contribution is 2.19. The van der Waals surface area contributed by atoms with E-state index in [1.165, 1.54) is 10.6 Å². The minimum Gasteiger partial charge on any atom is -0.378 e. The summed E-state index contributed by atoms with van der Waals surface area (Å²) in [5.41, 5.74) is 0. The van der Waals surface area contributed by atoms with Gasteiger partial charge in [0, 0.05) is 37.9 Å². The molecule has 9 heteroatoms. The van der Waals surface area contributed by atoms with Gasteiger partial charge < -0.3 is 10.1 Å². The quantitative estimate of drug-likeness (QED) is 0.653. The molecule has 0 aliphatic carbocycles. The maximum atomic E-state index is 12.0. The van der Waals surface area contributed by atoms with Crippen LogP contribution in [0.1, 0.15) is 12.8 Å². The largest absolute Gasteiger partial charge is 0.378 e. The van der Waals surface area contributed by atoms with Crippen LogP contribution in [-0.2, 0) is 26.1 Å². The fraction of sp³-hybridized carbons (Fsp3) is 0.714. The summed E-state index contributed by atoms with van der Waals surface area (Å²) < 4.78 is 31.5. The highest BCUT2D eigenvalue weighted by atomic mass is 32.2. The lowest BCUT2D eigenvalue weighted by Gasteiger charge is -2.29. The molecule has 1 fully saturated rings. The van der Waals surface area contributed by atoms with Gasteiger partial charge in [-0.3, -0.25) is 9.48 Å². The van der Waals surface area contributed by atoms with E-state index in [9.17, 15) is 13.2 Å². The van der Waals surface area contributed by atoms with E-state index in [0.29, 0.717) is 52.2 Å². The van der Waals surface area contributed by atoms with Crippen molar-refractivity contribution in [2.45, 2.75) is 19.4 Å². The SMILES string of the molecule is CS(=O)(=O)N1CCC(C(=O)NCCOCCn2cccn2)CC1. The number of ether oxygens (including phenoxy) is 1. The van der Waals surface area contributed by atoms with E-state index in [-0.39, 0.29) is 11.8 Å². The van der Waals surface area contributed by atoms with Crippen LogP contribution in [0, 0.1) is 5.92 Å². The first kappa shape index (κ1) is 17.9. The molecule has 0 saturated carbocycles. The van der Waals surface area contributed by atoms with Gasteiger partial charge in [0.1, 0.15) is 0 Å². The summed E-state index contributed by atoms with van der Waals surface area (Å²) in [7, 11) is -3.15. The Bertz CT molecular complexity index is 580. The molecule has 1 saturated heterocycles. The Balaban J connectivity index is 1.55. The summed E-state index contributed by atoms with van der Waals surface area (Å²) in [5, 5.41) is 6.91. The van der Waals surface area contributed by atoms with Crippen molar-refractivity contribution in [1.29, 1.82) is 0 Å². The van der Waals surface area contributed by atoms with Gasteiger partial charge in [0.05, 0.1) is 26.0 Å². The van der Waals surface area contributed by atoms with E-state index in [0.717, 1.165) is 0 Å². The fourth-order valence-corrected chi connectivity index (χ4v) is 3.41. The third-order valence-electron chi connectivity index (χ3n) is 3.86. The molecule has 1 aromatic heterocycles. The van der Waals surface area contributed by atoms with Crippen LogP contribution < -0.4 is 5.32 Å². The van der Waals surface area contributed by atoms with Crippen molar-refractivity contribution in [2.24, 2.45) is 5.92 Å². The molecule has 0 unspecified atom stereocenters. The standard InChI is InChI=1S/C14H24N4O4S/c1-23(20,21)18-8-3-13(4-9-18)14(19)15-6-11-22-12-10-17-7-2-5-16-17/h2,5,7,13H,3-4,6,8-12H2,1H3,(H,15,19). The van der Waals surface area contributed by atoms with Crippen molar-refractivity contribution < 1.29 is 17.9 Å². The second-order valence-corrected chi connectivity index (χ2v) is 7.59. The third kappa shape index (κ3) is 5.92. The number of piperidine rings is 1. The van der Waals surface area contributed by atoms with Crippen LogP contribution in [0.4, 0.5) is 0 Å². The average Bonchev–Trinajstić information content (AvgIpc) is 3.03. The van der Waals surface area contributed by atoms with Crippen LogP contribution in [0.3, 0.4) is 0 Å². The predicted molar refractivity (Wildman–Crippen MR) is 85.2 cm³/mol. The first-order chi connectivity index (χ1) is 11.0. The van der Waals surface area contributed by atoms with Crippen molar-refractivity contribution in [1.82, 2.24) is 19.4 Å². The average molecular weight is 344 g/mol. The van der Waals surface area contributed by atoms with Crippen LogP contribution in [0.15, 0.2) is 18.5 Å². The van der Waals surface area contributed by atoms with Gasteiger partial charge >= 0.3 is 0 Å². The number of carbonyl (C=O) groups excluding carboxylic acids is 1. The lowest BCUT2D eigenvalue weighted by molar-refractivity contribution is -0.126. The molecule has 23 heavy (non-hydrogen) atoms. The molecule has 8 nitrogen and oxygen atoms in total. The van der Waals surface area contributed by atoms with Gasteiger partial charge in [-0.15, -0.1) is 0 Å². The summed E-state index contributed by atoms with van der Waals surface area (Å²) >= 11 is 0. The number of hydrogen-bond acceptors (Lipinski definition) is 5. The molecule has 0 bridgehead atoms. The van der Waals surface area contributed by atoms with Gasteiger partial charge in [-0.25, -0.2) is 12.7 Å². The maximum absolute atomic E-state index is 12.0. The number of hydrogen-bond donors (Lipinski definition) is 1. The Labute approximate surface area is 136 Å². The number of sulfonamides is 1. The monoisotopic (exact) mass is 344 g/mol. The summed E-state index contributed by atoms with van der Waals surface area (Å²) in [6.45, 7) is 2.98. The molecule has 1 aliphatic heterocycles. The van der Waals surface area contributed by atoms with Crippen LogP contribution in [0.25, 0.3) is 0 Å². The zero-order chi connectivity index (χ0) is 16.7. The van der Waals surface area contributed by atoms with E-state index in [4.69, 9.17) is 4.74 Å². The number of carbonyl (C=O) groups is 1. The lowest BCUT2D eigenvalue weighted by Crippen LogP contribution is -2.43. The molecule has 0 spiro atoms. The number of nitrogens with zero attached hydrogens (tertiary/aromatic N) is 3. The van der Waals surface area contributed by atoms with E-state index in [1.807, 2.05) is 12.3 Å². The number of rotatable bonds is 8. The topological polar surface area (TPSA) is 93.5 Å². The second kappa shape index (κ2) is 8.42. The predicted octanol–water partition coefficient (Wildman–Crippen LogP) is -0.312. The Hall–Kier alpha value is -1.45. The Morgan fingerprint density at radius 3 is 2.70 bits per heavy atom. The van der Waals surface area contributed by atoms with E-state index >= 15 is 0 Å². The van der Waals surface area contributed by atoms with Crippen molar-refractivity contribution in [3.8, 4) is 0 Å². The maximum Gasteiger partial charge on any atom is 0.223 e. The summed E-state index contributed by atoms with van der Waals surface area (Å²) in [5.74, 6) is -0.133. The molecule has 1 aliphatic rings. The van der Waals surface area contributed by atoms with Crippen LogP contribution in [0.2, 0.25) is 0 Å².